The Hall–Kier alpha value is -1.43. The van der Waals surface area contributed by atoms with Crippen molar-refractivity contribution in [2.75, 3.05) is 25.0 Å². The molecule has 0 saturated carbocycles. The Balaban J connectivity index is 2.39. The number of Topliss-reactive ketones (excluding diaryl/α,β-unsaturated/α-hetero) is 1. The van der Waals surface area contributed by atoms with E-state index in [9.17, 15) is 9.59 Å². The van der Waals surface area contributed by atoms with Gasteiger partial charge in [-0.15, -0.1) is 0 Å². The van der Waals surface area contributed by atoms with E-state index in [0.717, 1.165) is 17.4 Å². The van der Waals surface area contributed by atoms with Gasteiger partial charge in [-0.3, -0.25) is 9.59 Å². The number of thiazole rings is 1. The van der Waals surface area contributed by atoms with Crippen LogP contribution in [0.5, 0.6) is 0 Å². The van der Waals surface area contributed by atoms with Crippen molar-refractivity contribution in [1.82, 2.24) is 9.88 Å². The fraction of sp³-hybridized carbons (Fsp3) is 0.615. The first-order valence-corrected chi connectivity index (χ1v) is 7.08. The fourth-order valence-electron chi connectivity index (χ4n) is 2.37. The molecule has 1 aliphatic heterocycles. The third kappa shape index (κ3) is 2.25. The Kier molecular flexibility index (Phi) is 3.38. The second-order valence-corrected chi connectivity index (χ2v) is 6.38. The average molecular weight is 281 g/mol. The number of aryl methyl sites for hydroxylation is 1. The van der Waals surface area contributed by atoms with E-state index in [-0.39, 0.29) is 11.7 Å². The van der Waals surface area contributed by atoms with Gasteiger partial charge in [-0.05, 0) is 20.8 Å². The molecule has 19 heavy (non-hydrogen) atoms. The summed E-state index contributed by atoms with van der Waals surface area (Å²) in [7, 11) is 1.82. The number of amides is 1. The van der Waals surface area contributed by atoms with E-state index in [1.807, 2.05) is 32.7 Å². The van der Waals surface area contributed by atoms with Crippen molar-refractivity contribution in [3.8, 4) is 0 Å². The molecule has 0 unspecified atom stereocenters. The zero-order valence-corrected chi connectivity index (χ0v) is 12.8. The summed E-state index contributed by atoms with van der Waals surface area (Å²) >= 11 is 1.37. The van der Waals surface area contributed by atoms with Gasteiger partial charge >= 0.3 is 0 Å². The van der Waals surface area contributed by atoms with E-state index in [4.69, 9.17) is 0 Å². The van der Waals surface area contributed by atoms with Gasteiger partial charge in [0.25, 0.3) is 0 Å². The van der Waals surface area contributed by atoms with Crippen molar-refractivity contribution >= 4 is 28.2 Å². The number of carbonyl (C=O) groups is 2. The number of rotatable bonds is 2. The summed E-state index contributed by atoms with van der Waals surface area (Å²) in [6.45, 7) is 8.59. The Morgan fingerprint density at radius 1 is 1.37 bits per heavy atom. The molecule has 1 fully saturated rings. The maximum absolute atomic E-state index is 12.3. The Morgan fingerprint density at radius 2 is 2.00 bits per heavy atom. The van der Waals surface area contributed by atoms with Gasteiger partial charge in [-0.25, -0.2) is 4.98 Å². The number of nitrogens with zero attached hydrogens (tertiary/aromatic N) is 3. The summed E-state index contributed by atoms with van der Waals surface area (Å²) < 4.78 is 0. The zero-order chi connectivity index (χ0) is 14.4. The van der Waals surface area contributed by atoms with Crippen LogP contribution in [0.2, 0.25) is 0 Å². The van der Waals surface area contributed by atoms with Crippen LogP contribution in [0.1, 0.15) is 36.1 Å². The van der Waals surface area contributed by atoms with Crippen LogP contribution >= 0.6 is 11.3 Å². The number of piperazine rings is 1. The van der Waals surface area contributed by atoms with Crippen LogP contribution in [-0.2, 0) is 4.79 Å². The maximum atomic E-state index is 12.3. The van der Waals surface area contributed by atoms with Crippen LogP contribution in [0.3, 0.4) is 0 Å². The Labute approximate surface area is 117 Å². The van der Waals surface area contributed by atoms with Gasteiger partial charge < -0.3 is 9.80 Å². The molecule has 1 amide bonds. The van der Waals surface area contributed by atoms with Gasteiger partial charge in [-0.1, -0.05) is 11.3 Å². The van der Waals surface area contributed by atoms with Crippen molar-refractivity contribution in [1.29, 1.82) is 0 Å². The molecule has 6 heteroatoms. The number of ketones is 1. The molecule has 1 aliphatic rings. The smallest absolute Gasteiger partial charge is 0.247 e. The molecular formula is C13H19N3O2S. The van der Waals surface area contributed by atoms with Gasteiger partial charge in [-0.2, -0.15) is 0 Å². The van der Waals surface area contributed by atoms with Gasteiger partial charge in [0, 0.05) is 27.1 Å². The molecule has 1 saturated heterocycles. The minimum atomic E-state index is -0.620. The summed E-state index contributed by atoms with van der Waals surface area (Å²) in [5.74, 6) is 0.107. The topological polar surface area (TPSA) is 53.5 Å². The van der Waals surface area contributed by atoms with E-state index in [2.05, 4.69) is 4.98 Å². The quantitative estimate of drug-likeness (QED) is 0.774. The molecule has 104 valence electrons. The lowest BCUT2D eigenvalue weighted by Crippen LogP contribution is -2.62. The number of aromatic nitrogens is 1. The monoisotopic (exact) mass is 281 g/mol. The van der Waals surface area contributed by atoms with Gasteiger partial charge in [0.2, 0.25) is 5.91 Å². The number of anilines is 1. The third-order valence-electron chi connectivity index (χ3n) is 3.54. The first-order valence-electron chi connectivity index (χ1n) is 6.26. The fourth-order valence-corrected chi connectivity index (χ4v) is 3.50. The van der Waals surface area contributed by atoms with Crippen LogP contribution in [-0.4, -0.2) is 47.3 Å². The summed E-state index contributed by atoms with van der Waals surface area (Å²) in [5, 5.41) is 0.758. The lowest BCUT2D eigenvalue weighted by molar-refractivity contribution is -0.136. The normalized spacial score (nSPS) is 18.9. The molecule has 1 aromatic rings. The zero-order valence-electron chi connectivity index (χ0n) is 12.0. The largest absolute Gasteiger partial charge is 0.342 e. The Morgan fingerprint density at radius 3 is 2.53 bits per heavy atom. The second-order valence-electron chi connectivity index (χ2n) is 5.40. The second kappa shape index (κ2) is 4.59. The van der Waals surface area contributed by atoms with E-state index >= 15 is 0 Å². The van der Waals surface area contributed by atoms with Crippen molar-refractivity contribution < 1.29 is 9.59 Å². The van der Waals surface area contributed by atoms with Crippen LogP contribution in [0.4, 0.5) is 5.13 Å². The Bertz CT molecular complexity index is 536. The molecule has 0 aromatic carbocycles. The minimum absolute atomic E-state index is 0.0273. The van der Waals surface area contributed by atoms with Crippen LogP contribution < -0.4 is 4.90 Å². The van der Waals surface area contributed by atoms with Gasteiger partial charge in [0.05, 0.1) is 10.6 Å². The predicted octanol–water partition coefficient (Wildman–Crippen LogP) is 1.71. The van der Waals surface area contributed by atoms with Crippen LogP contribution in [0.15, 0.2) is 0 Å². The molecular weight excluding hydrogens is 262 g/mol. The molecule has 2 heterocycles. The maximum Gasteiger partial charge on any atom is 0.247 e. The average Bonchev–Trinajstić information content (AvgIpc) is 2.68. The highest BCUT2D eigenvalue weighted by Gasteiger charge is 2.42. The molecule has 0 atom stereocenters. The highest BCUT2D eigenvalue weighted by Crippen LogP contribution is 2.33. The third-order valence-corrected chi connectivity index (χ3v) is 4.82. The van der Waals surface area contributed by atoms with Crippen molar-refractivity contribution in [2.24, 2.45) is 0 Å². The van der Waals surface area contributed by atoms with E-state index in [1.165, 1.54) is 11.3 Å². The van der Waals surface area contributed by atoms with Crippen molar-refractivity contribution in [3.05, 3.63) is 10.6 Å². The van der Waals surface area contributed by atoms with E-state index in [0.29, 0.717) is 11.4 Å². The van der Waals surface area contributed by atoms with Crippen LogP contribution in [0, 0.1) is 6.92 Å². The predicted molar refractivity (Wildman–Crippen MR) is 75.9 cm³/mol. The SMILES string of the molecule is CC(=O)c1sc(N2CCN(C)C(=O)C2(C)C)nc1C. The first kappa shape index (κ1) is 14.0. The van der Waals surface area contributed by atoms with Crippen molar-refractivity contribution in [2.45, 2.75) is 33.2 Å². The highest BCUT2D eigenvalue weighted by molar-refractivity contribution is 7.17. The molecule has 0 bridgehead atoms. The van der Waals surface area contributed by atoms with Crippen LogP contribution in [0.25, 0.3) is 0 Å². The molecule has 0 radical (unpaired) electrons. The molecule has 0 N–H and O–H groups in total. The summed E-state index contributed by atoms with van der Waals surface area (Å²) in [4.78, 5) is 32.6. The molecule has 5 nitrogen and oxygen atoms in total. The van der Waals surface area contributed by atoms with E-state index < -0.39 is 5.54 Å². The molecule has 0 aliphatic carbocycles. The standard InChI is InChI=1S/C13H19N3O2S/c1-8-10(9(2)17)19-12(14-8)16-7-6-15(5)11(18)13(16,3)4/h6-7H2,1-5H3. The number of carbonyl (C=O) groups excluding carboxylic acids is 2. The number of hydrogen-bond acceptors (Lipinski definition) is 5. The number of hydrogen-bond donors (Lipinski definition) is 0. The van der Waals surface area contributed by atoms with Crippen molar-refractivity contribution in [3.63, 3.8) is 0 Å². The molecule has 2 rings (SSSR count). The molecule has 1 aromatic heterocycles. The number of likely N-dealkylation sites (N-methyl/N-ethyl adjacent to an activating group) is 1. The molecule has 0 spiro atoms. The lowest BCUT2D eigenvalue weighted by atomic mass is 9.99. The summed E-state index contributed by atoms with van der Waals surface area (Å²) in [5.41, 5.74) is 0.125. The summed E-state index contributed by atoms with van der Waals surface area (Å²) in [6, 6.07) is 0. The lowest BCUT2D eigenvalue weighted by Gasteiger charge is -2.44. The van der Waals surface area contributed by atoms with Gasteiger partial charge in [0.1, 0.15) is 5.54 Å². The highest BCUT2D eigenvalue weighted by atomic mass is 32.1. The summed E-state index contributed by atoms with van der Waals surface area (Å²) in [6.07, 6.45) is 0. The van der Waals surface area contributed by atoms with E-state index in [1.54, 1.807) is 11.8 Å². The van der Waals surface area contributed by atoms with Gasteiger partial charge in [0.15, 0.2) is 10.9 Å². The minimum Gasteiger partial charge on any atom is -0.342 e. The first-order chi connectivity index (χ1) is 8.75.